The number of halogens is 1. The Bertz CT molecular complexity index is 892. The first-order valence-corrected chi connectivity index (χ1v) is 9.52. The number of carbonyl (C=O) groups is 2. The first kappa shape index (κ1) is 18.6. The molecule has 3 rings (SSSR count). The largest absolute Gasteiger partial charge is 0.326 e. The molecular weight excluding hydrogens is 392 g/mol. The zero-order chi connectivity index (χ0) is 19.0. The molecule has 2 amide bonds. The van der Waals surface area contributed by atoms with E-state index in [1.807, 2.05) is 58.0 Å². The molecule has 1 aliphatic rings. The summed E-state index contributed by atoms with van der Waals surface area (Å²) in [6, 6.07) is 9.75. The zero-order valence-corrected chi connectivity index (χ0v) is 17.1. The van der Waals surface area contributed by atoms with Gasteiger partial charge in [-0.3, -0.25) is 9.59 Å². The van der Waals surface area contributed by atoms with Gasteiger partial charge in [-0.05, 0) is 68.1 Å². The number of amides is 2. The average molecular weight is 415 g/mol. The SMILES string of the molecule is Cc1cccc(N2C[C@H](C(=O)Nc3ccc(Br)c(C)c3C)CC2=O)c1C. The fraction of sp³-hybridized carbons (Fsp3) is 0.333. The summed E-state index contributed by atoms with van der Waals surface area (Å²) in [5.41, 5.74) is 6.06. The van der Waals surface area contributed by atoms with Gasteiger partial charge in [0, 0.05) is 28.8 Å². The van der Waals surface area contributed by atoms with Gasteiger partial charge in [-0.25, -0.2) is 0 Å². The van der Waals surface area contributed by atoms with Crippen LogP contribution in [-0.2, 0) is 9.59 Å². The highest BCUT2D eigenvalue weighted by molar-refractivity contribution is 9.10. The van der Waals surface area contributed by atoms with Crippen LogP contribution in [0.25, 0.3) is 0 Å². The van der Waals surface area contributed by atoms with Crippen molar-refractivity contribution in [2.75, 3.05) is 16.8 Å². The minimum absolute atomic E-state index is 0.00237. The predicted molar refractivity (Wildman–Crippen MR) is 109 cm³/mol. The van der Waals surface area contributed by atoms with Gasteiger partial charge in [0.2, 0.25) is 11.8 Å². The van der Waals surface area contributed by atoms with Gasteiger partial charge in [0.1, 0.15) is 0 Å². The van der Waals surface area contributed by atoms with Crippen LogP contribution >= 0.6 is 15.9 Å². The van der Waals surface area contributed by atoms with Gasteiger partial charge in [-0.15, -0.1) is 0 Å². The molecule has 0 radical (unpaired) electrons. The van der Waals surface area contributed by atoms with Gasteiger partial charge in [-0.1, -0.05) is 28.1 Å². The topological polar surface area (TPSA) is 49.4 Å². The Labute approximate surface area is 162 Å². The predicted octanol–water partition coefficient (Wildman–Crippen LogP) is 4.67. The van der Waals surface area contributed by atoms with Crippen LogP contribution in [0.5, 0.6) is 0 Å². The Balaban J connectivity index is 1.77. The highest BCUT2D eigenvalue weighted by Gasteiger charge is 2.36. The van der Waals surface area contributed by atoms with Gasteiger partial charge >= 0.3 is 0 Å². The number of anilines is 2. The number of aryl methyl sites for hydroxylation is 1. The van der Waals surface area contributed by atoms with E-state index < -0.39 is 0 Å². The molecule has 0 spiro atoms. The van der Waals surface area contributed by atoms with E-state index in [2.05, 4.69) is 21.2 Å². The van der Waals surface area contributed by atoms with Gasteiger partial charge in [-0.2, -0.15) is 0 Å². The number of carbonyl (C=O) groups excluding carboxylic acids is 2. The van der Waals surface area contributed by atoms with E-state index >= 15 is 0 Å². The van der Waals surface area contributed by atoms with Crippen molar-refractivity contribution in [3.05, 3.63) is 57.1 Å². The first-order valence-electron chi connectivity index (χ1n) is 8.72. The molecule has 1 aliphatic heterocycles. The second kappa shape index (κ2) is 7.23. The summed E-state index contributed by atoms with van der Waals surface area (Å²) in [5, 5.41) is 3.00. The molecule has 26 heavy (non-hydrogen) atoms. The van der Waals surface area contributed by atoms with Gasteiger partial charge < -0.3 is 10.2 Å². The molecule has 0 saturated carbocycles. The number of rotatable bonds is 3. The van der Waals surface area contributed by atoms with Crippen LogP contribution in [0.4, 0.5) is 11.4 Å². The monoisotopic (exact) mass is 414 g/mol. The molecule has 1 atom stereocenters. The van der Waals surface area contributed by atoms with E-state index in [4.69, 9.17) is 0 Å². The molecule has 136 valence electrons. The van der Waals surface area contributed by atoms with Crippen molar-refractivity contribution in [1.29, 1.82) is 0 Å². The number of hydrogen-bond acceptors (Lipinski definition) is 2. The van der Waals surface area contributed by atoms with Gasteiger partial charge in [0.15, 0.2) is 0 Å². The second-order valence-electron chi connectivity index (χ2n) is 6.96. The van der Waals surface area contributed by atoms with E-state index in [1.54, 1.807) is 4.90 Å². The summed E-state index contributed by atoms with van der Waals surface area (Å²) in [6.07, 6.45) is 0.244. The molecule has 4 nitrogen and oxygen atoms in total. The Kier molecular flexibility index (Phi) is 5.19. The highest BCUT2D eigenvalue weighted by atomic mass is 79.9. The molecule has 0 unspecified atom stereocenters. The molecule has 5 heteroatoms. The molecular formula is C21H23BrN2O2. The third-order valence-electron chi connectivity index (χ3n) is 5.34. The molecule has 1 N–H and O–H groups in total. The molecule has 0 bridgehead atoms. The maximum Gasteiger partial charge on any atom is 0.229 e. The van der Waals surface area contributed by atoms with E-state index in [9.17, 15) is 9.59 Å². The maximum atomic E-state index is 12.7. The van der Waals surface area contributed by atoms with Crippen LogP contribution in [0.1, 0.15) is 28.7 Å². The minimum Gasteiger partial charge on any atom is -0.326 e. The van der Waals surface area contributed by atoms with Crippen LogP contribution in [0.15, 0.2) is 34.8 Å². The van der Waals surface area contributed by atoms with Crippen LogP contribution in [0, 0.1) is 33.6 Å². The Morgan fingerprint density at radius 1 is 1.08 bits per heavy atom. The van der Waals surface area contributed by atoms with Crippen LogP contribution in [0.3, 0.4) is 0 Å². The molecule has 1 saturated heterocycles. The van der Waals surface area contributed by atoms with E-state index in [0.29, 0.717) is 6.54 Å². The maximum absolute atomic E-state index is 12.7. The molecule has 1 fully saturated rings. The summed E-state index contributed by atoms with van der Waals surface area (Å²) in [6.45, 7) is 8.46. The fourth-order valence-corrected chi connectivity index (χ4v) is 3.73. The molecule has 2 aromatic rings. The lowest BCUT2D eigenvalue weighted by atomic mass is 10.1. The summed E-state index contributed by atoms with van der Waals surface area (Å²) < 4.78 is 1.02. The number of benzene rings is 2. The second-order valence-corrected chi connectivity index (χ2v) is 7.81. The average Bonchev–Trinajstić information content (AvgIpc) is 2.99. The smallest absolute Gasteiger partial charge is 0.229 e. The quantitative estimate of drug-likeness (QED) is 0.792. The lowest BCUT2D eigenvalue weighted by molar-refractivity contribution is -0.122. The molecule has 2 aromatic carbocycles. The van der Waals surface area contributed by atoms with Crippen molar-refractivity contribution >= 4 is 39.1 Å². The Morgan fingerprint density at radius 3 is 2.54 bits per heavy atom. The summed E-state index contributed by atoms with van der Waals surface area (Å²) in [4.78, 5) is 27.0. The van der Waals surface area contributed by atoms with Crippen LogP contribution < -0.4 is 10.2 Å². The number of hydrogen-bond donors (Lipinski definition) is 1. The normalized spacial score (nSPS) is 16.9. The zero-order valence-electron chi connectivity index (χ0n) is 15.5. The lowest BCUT2D eigenvalue weighted by Crippen LogP contribution is -2.28. The summed E-state index contributed by atoms with van der Waals surface area (Å²) >= 11 is 3.50. The third-order valence-corrected chi connectivity index (χ3v) is 6.20. The highest BCUT2D eigenvalue weighted by Crippen LogP contribution is 2.31. The van der Waals surface area contributed by atoms with Crippen molar-refractivity contribution in [1.82, 2.24) is 0 Å². The van der Waals surface area contributed by atoms with Crippen molar-refractivity contribution < 1.29 is 9.59 Å². The van der Waals surface area contributed by atoms with Crippen LogP contribution in [-0.4, -0.2) is 18.4 Å². The third kappa shape index (κ3) is 3.40. The van der Waals surface area contributed by atoms with E-state index in [0.717, 1.165) is 38.1 Å². The molecule has 1 heterocycles. The van der Waals surface area contributed by atoms with Gasteiger partial charge in [0.05, 0.1) is 5.92 Å². The molecule has 0 aliphatic carbocycles. The van der Waals surface area contributed by atoms with E-state index in [-0.39, 0.29) is 24.2 Å². The van der Waals surface area contributed by atoms with Crippen molar-refractivity contribution in [3.8, 4) is 0 Å². The standard InChI is InChI=1S/C21H23BrN2O2/c1-12-6-5-7-19(13(12)2)24-11-16(10-20(24)25)21(26)23-18-9-8-17(22)14(3)15(18)4/h5-9,16H,10-11H2,1-4H3,(H,23,26)/t16-/m1/s1. The summed E-state index contributed by atoms with van der Waals surface area (Å²) in [5.74, 6) is -0.440. The fourth-order valence-electron chi connectivity index (χ4n) is 3.30. The number of nitrogens with zero attached hydrogens (tertiary/aromatic N) is 1. The minimum atomic E-state index is -0.342. The molecule has 0 aromatic heterocycles. The number of nitrogens with one attached hydrogen (secondary N) is 1. The van der Waals surface area contributed by atoms with Crippen molar-refractivity contribution in [2.24, 2.45) is 5.92 Å². The lowest BCUT2D eigenvalue weighted by Gasteiger charge is -2.20. The van der Waals surface area contributed by atoms with E-state index in [1.165, 1.54) is 0 Å². The van der Waals surface area contributed by atoms with Gasteiger partial charge in [0.25, 0.3) is 0 Å². The van der Waals surface area contributed by atoms with Crippen LogP contribution in [0.2, 0.25) is 0 Å². The summed E-state index contributed by atoms with van der Waals surface area (Å²) in [7, 11) is 0. The first-order chi connectivity index (χ1) is 12.3. The Morgan fingerprint density at radius 2 is 1.81 bits per heavy atom. The van der Waals surface area contributed by atoms with Crippen molar-refractivity contribution in [3.63, 3.8) is 0 Å². The Hall–Kier alpha value is -2.14. The van der Waals surface area contributed by atoms with Crippen molar-refractivity contribution in [2.45, 2.75) is 34.1 Å².